The van der Waals surface area contributed by atoms with E-state index in [2.05, 4.69) is 5.32 Å². The molecule has 2 N–H and O–H groups in total. The number of para-hydroxylation sites is 2. The maximum absolute atomic E-state index is 11.6. The number of carboxylic acids is 1. The van der Waals surface area contributed by atoms with Crippen LogP contribution in [0.4, 0.5) is 5.69 Å². The standard InChI is InChI=1S/C13H16N2O6/c1-8(2)12(13(17)18)14-11(16)7-21-10-6-4-3-5-9(10)15(19)20/h3-6,8,12H,7H2,1-2H3,(H,14,16)(H,17,18). The molecule has 0 aliphatic heterocycles. The zero-order chi connectivity index (χ0) is 16.0. The number of nitro benzene ring substituents is 1. The molecule has 0 bridgehead atoms. The van der Waals surface area contributed by atoms with Crippen molar-refractivity contribution in [3.05, 3.63) is 34.4 Å². The van der Waals surface area contributed by atoms with Crippen molar-refractivity contribution in [2.24, 2.45) is 5.92 Å². The number of hydrogen-bond acceptors (Lipinski definition) is 5. The molecule has 114 valence electrons. The van der Waals surface area contributed by atoms with Crippen molar-refractivity contribution < 1.29 is 24.4 Å². The smallest absolute Gasteiger partial charge is 0.326 e. The van der Waals surface area contributed by atoms with Crippen molar-refractivity contribution in [1.29, 1.82) is 0 Å². The zero-order valence-corrected chi connectivity index (χ0v) is 11.6. The molecule has 0 saturated carbocycles. The van der Waals surface area contributed by atoms with Crippen LogP contribution in [-0.4, -0.2) is 34.6 Å². The highest BCUT2D eigenvalue weighted by Crippen LogP contribution is 2.25. The lowest BCUT2D eigenvalue weighted by Crippen LogP contribution is -2.46. The lowest BCUT2D eigenvalue weighted by molar-refractivity contribution is -0.385. The van der Waals surface area contributed by atoms with Gasteiger partial charge in [0.25, 0.3) is 5.91 Å². The van der Waals surface area contributed by atoms with Crippen LogP contribution in [0.5, 0.6) is 5.75 Å². The average Bonchev–Trinajstić information content (AvgIpc) is 2.42. The van der Waals surface area contributed by atoms with E-state index in [9.17, 15) is 19.7 Å². The molecule has 8 nitrogen and oxygen atoms in total. The van der Waals surface area contributed by atoms with E-state index in [0.717, 1.165) is 0 Å². The molecule has 1 aromatic rings. The fourth-order valence-corrected chi connectivity index (χ4v) is 1.60. The molecular formula is C13H16N2O6. The van der Waals surface area contributed by atoms with Crippen LogP contribution < -0.4 is 10.1 Å². The van der Waals surface area contributed by atoms with Crippen molar-refractivity contribution in [2.75, 3.05) is 6.61 Å². The van der Waals surface area contributed by atoms with Gasteiger partial charge < -0.3 is 15.2 Å². The van der Waals surface area contributed by atoms with Crippen molar-refractivity contribution in [3.8, 4) is 5.75 Å². The number of nitro groups is 1. The predicted octanol–water partition coefficient (Wildman–Crippen LogP) is 1.20. The Hall–Kier alpha value is -2.64. The number of nitrogens with zero attached hydrogens (tertiary/aromatic N) is 1. The molecule has 1 atom stereocenters. The summed E-state index contributed by atoms with van der Waals surface area (Å²) in [5.74, 6) is -2.15. The molecule has 1 rings (SSSR count). The topological polar surface area (TPSA) is 119 Å². The van der Waals surface area contributed by atoms with Crippen molar-refractivity contribution in [2.45, 2.75) is 19.9 Å². The Morgan fingerprint density at radius 2 is 2.00 bits per heavy atom. The van der Waals surface area contributed by atoms with Crippen molar-refractivity contribution in [3.63, 3.8) is 0 Å². The number of aliphatic carboxylic acids is 1. The van der Waals surface area contributed by atoms with Gasteiger partial charge in [0, 0.05) is 6.07 Å². The summed E-state index contributed by atoms with van der Waals surface area (Å²) in [6.45, 7) is 2.81. The number of hydrogen-bond donors (Lipinski definition) is 2. The van der Waals surface area contributed by atoms with Crippen LogP contribution in [0, 0.1) is 16.0 Å². The van der Waals surface area contributed by atoms with E-state index in [1.165, 1.54) is 24.3 Å². The number of benzene rings is 1. The van der Waals surface area contributed by atoms with E-state index in [1.54, 1.807) is 13.8 Å². The first-order valence-electron chi connectivity index (χ1n) is 6.21. The number of carbonyl (C=O) groups is 2. The Morgan fingerprint density at radius 1 is 1.38 bits per heavy atom. The Labute approximate surface area is 120 Å². The molecule has 0 fully saturated rings. The van der Waals surface area contributed by atoms with Crippen LogP contribution >= 0.6 is 0 Å². The minimum Gasteiger partial charge on any atom is -0.480 e. The first-order chi connectivity index (χ1) is 9.82. The van der Waals surface area contributed by atoms with Gasteiger partial charge in [-0.25, -0.2) is 4.79 Å². The van der Waals surface area contributed by atoms with Gasteiger partial charge in [-0.2, -0.15) is 0 Å². The normalized spacial score (nSPS) is 11.8. The van der Waals surface area contributed by atoms with Crippen molar-refractivity contribution >= 4 is 17.6 Å². The molecule has 1 unspecified atom stereocenters. The fraction of sp³-hybridized carbons (Fsp3) is 0.385. The third-order valence-electron chi connectivity index (χ3n) is 2.67. The van der Waals surface area contributed by atoms with Gasteiger partial charge in [-0.15, -0.1) is 0 Å². The Morgan fingerprint density at radius 3 is 2.52 bits per heavy atom. The minimum atomic E-state index is -1.15. The van der Waals surface area contributed by atoms with E-state index in [0.29, 0.717) is 0 Å². The third kappa shape index (κ3) is 4.75. The summed E-state index contributed by atoms with van der Waals surface area (Å²) in [6.07, 6.45) is 0. The molecule has 0 spiro atoms. The molecule has 0 heterocycles. The van der Waals surface area contributed by atoms with Crippen LogP contribution in [0.15, 0.2) is 24.3 Å². The van der Waals surface area contributed by atoms with Crippen molar-refractivity contribution in [1.82, 2.24) is 5.32 Å². The molecule has 0 saturated heterocycles. The van der Waals surface area contributed by atoms with E-state index in [-0.39, 0.29) is 17.4 Å². The summed E-state index contributed by atoms with van der Waals surface area (Å²) in [5.41, 5.74) is -0.260. The first kappa shape index (κ1) is 16.4. The number of rotatable bonds is 7. The first-order valence-corrected chi connectivity index (χ1v) is 6.21. The molecule has 21 heavy (non-hydrogen) atoms. The molecule has 0 aromatic heterocycles. The third-order valence-corrected chi connectivity index (χ3v) is 2.67. The summed E-state index contributed by atoms with van der Waals surface area (Å²) in [7, 11) is 0. The molecule has 0 aliphatic rings. The summed E-state index contributed by atoms with van der Waals surface area (Å²) in [6, 6.07) is 4.59. The second kappa shape index (κ2) is 7.22. The van der Waals surface area contributed by atoms with Gasteiger partial charge in [0.05, 0.1) is 4.92 Å². The fourth-order valence-electron chi connectivity index (χ4n) is 1.60. The number of ether oxygens (including phenoxy) is 1. The Bertz CT molecular complexity index is 543. The van der Waals surface area contributed by atoms with E-state index in [4.69, 9.17) is 9.84 Å². The average molecular weight is 296 g/mol. The largest absolute Gasteiger partial charge is 0.480 e. The summed E-state index contributed by atoms with van der Waals surface area (Å²) >= 11 is 0. The van der Waals surface area contributed by atoms with E-state index in [1.807, 2.05) is 0 Å². The van der Waals surface area contributed by atoms with Gasteiger partial charge in [-0.3, -0.25) is 14.9 Å². The van der Waals surface area contributed by atoms with Crippen LogP contribution in [0.25, 0.3) is 0 Å². The maximum Gasteiger partial charge on any atom is 0.326 e. The molecular weight excluding hydrogens is 280 g/mol. The van der Waals surface area contributed by atoms with Gasteiger partial charge in [-0.05, 0) is 12.0 Å². The quantitative estimate of drug-likeness (QED) is 0.576. The highest BCUT2D eigenvalue weighted by Gasteiger charge is 2.24. The lowest BCUT2D eigenvalue weighted by atomic mass is 10.1. The predicted molar refractivity (Wildman–Crippen MR) is 73.0 cm³/mol. The van der Waals surface area contributed by atoms with Crippen LogP contribution in [0.3, 0.4) is 0 Å². The second-order valence-corrected chi connectivity index (χ2v) is 4.64. The van der Waals surface area contributed by atoms with E-state index < -0.39 is 29.4 Å². The summed E-state index contributed by atoms with van der Waals surface area (Å²) in [5, 5.41) is 22.0. The van der Waals surface area contributed by atoms with Gasteiger partial charge in [0.1, 0.15) is 6.04 Å². The second-order valence-electron chi connectivity index (χ2n) is 4.64. The molecule has 1 aromatic carbocycles. The van der Waals surface area contributed by atoms with Gasteiger partial charge in [0.2, 0.25) is 0 Å². The number of nitrogens with one attached hydrogen (secondary N) is 1. The zero-order valence-electron chi connectivity index (χ0n) is 11.6. The van der Waals surface area contributed by atoms with Gasteiger partial charge in [-0.1, -0.05) is 26.0 Å². The molecule has 8 heteroatoms. The maximum atomic E-state index is 11.6. The molecule has 0 radical (unpaired) electrons. The van der Waals surface area contributed by atoms with Crippen LogP contribution in [0.2, 0.25) is 0 Å². The highest BCUT2D eigenvalue weighted by molar-refractivity contribution is 5.84. The monoisotopic (exact) mass is 296 g/mol. The summed E-state index contributed by atoms with van der Waals surface area (Å²) < 4.78 is 5.07. The van der Waals surface area contributed by atoms with Gasteiger partial charge in [0.15, 0.2) is 12.4 Å². The van der Waals surface area contributed by atoms with Crippen LogP contribution in [0.1, 0.15) is 13.8 Å². The van der Waals surface area contributed by atoms with E-state index >= 15 is 0 Å². The van der Waals surface area contributed by atoms with Crippen LogP contribution in [-0.2, 0) is 9.59 Å². The molecule has 1 amide bonds. The Balaban J connectivity index is 2.65. The SMILES string of the molecule is CC(C)C(NC(=O)COc1ccccc1[N+](=O)[O-])C(=O)O. The number of amides is 1. The Kier molecular flexibility index (Phi) is 5.65. The number of carboxylic acid groups (broad SMARTS) is 1. The summed E-state index contributed by atoms with van der Waals surface area (Å²) in [4.78, 5) is 32.7. The minimum absolute atomic E-state index is 0.0472. The molecule has 0 aliphatic carbocycles. The highest BCUT2D eigenvalue weighted by atomic mass is 16.6. The number of carbonyl (C=O) groups excluding carboxylic acids is 1. The lowest BCUT2D eigenvalue weighted by Gasteiger charge is -2.17. The van der Waals surface area contributed by atoms with Gasteiger partial charge >= 0.3 is 11.7 Å².